The van der Waals surface area contributed by atoms with Crippen molar-refractivity contribution in [1.82, 2.24) is 4.33 Å². The van der Waals surface area contributed by atoms with E-state index in [-0.39, 0.29) is 72.2 Å². The van der Waals surface area contributed by atoms with Crippen LogP contribution < -0.4 is 10.1 Å². The van der Waals surface area contributed by atoms with E-state index in [0.717, 1.165) is 0 Å². The first-order chi connectivity index (χ1) is 9.54. The zero-order valence-corrected chi connectivity index (χ0v) is 12.3. The summed E-state index contributed by atoms with van der Waals surface area (Å²) in [6.45, 7) is -0.0716. The van der Waals surface area contributed by atoms with Crippen molar-refractivity contribution in [1.29, 1.82) is 0 Å². The van der Waals surface area contributed by atoms with Crippen molar-refractivity contribution in [3.05, 3.63) is 0 Å². The molecule has 0 saturated heterocycles. The van der Waals surface area contributed by atoms with Gasteiger partial charge >= 0.3 is 179 Å². The molecule has 0 radical (unpaired) electrons. The number of nitrogens with two attached hydrogens (primary N) is 1. The van der Waals surface area contributed by atoms with Gasteiger partial charge in [0.1, 0.15) is 0 Å². The number of hydrogen-bond donors (Lipinski definition) is 6. The topological polar surface area (TPSA) is 187 Å². The molecule has 0 aliphatic rings. The molecule has 0 aliphatic carbocycles. The van der Waals surface area contributed by atoms with Gasteiger partial charge in [0.05, 0.1) is 0 Å². The first-order valence-corrected chi connectivity index (χ1v) is 9.57. The minimum absolute atomic E-state index is 0. The van der Waals surface area contributed by atoms with Crippen LogP contribution in [-0.4, -0.2) is 117 Å². The van der Waals surface area contributed by atoms with E-state index in [9.17, 15) is 19.2 Å². The number of carboxylic acids is 4. The third-order valence-electron chi connectivity index (χ3n) is 2.48. The summed E-state index contributed by atoms with van der Waals surface area (Å²) in [4.78, 5) is 44.5. The standard InChI is InChI=1S/C2H7N2.4C2H3O2.Mn.2Na.2H/c3-1-2-4;4*1-2(3)4;;;;;/h3H,1-2,4H2;4*1H2,(H,3,4);;;;;/q-1;;;;;+1;;;;. The Bertz CT molecular complexity index is 387. The summed E-state index contributed by atoms with van der Waals surface area (Å²) in [6, 6.07) is 0. The van der Waals surface area contributed by atoms with E-state index in [4.69, 9.17) is 26.2 Å². The van der Waals surface area contributed by atoms with Gasteiger partial charge in [-0.25, -0.2) is 0 Å². The Labute approximate surface area is 177 Å². The molecule has 0 bridgehead atoms. The molecule has 0 aromatic carbocycles. The van der Waals surface area contributed by atoms with E-state index >= 15 is 0 Å². The summed E-state index contributed by atoms with van der Waals surface area (Å²) in [7, 11) is 0. The number of carboxylic acid groups (broad SMARTS) is 4. The number of rotatable bonds is 11. The zero-order valence-electron chi connectivity index (χ0n) is 11.1. The fourth-order valence-electron chi connectivity index (χ4n) is 1.99. The van der Waals surface area contributed by atoms with E-state index in [1.54, 1.807) is 0 Å². The second-order valence-electron chi connectivity index (χ2n) is 4.45. The van der Waals surface area contributed by atoms with Crippen molar-refractivity contribution in [3.8, 4) is 0 Å². The molecule has 0 spiro atoms. The number of carbonyl (C=O) groups is 4. The molecular formula is C10H21MnN2Na2O8. The van der Waals surface area contributed by atoms with Crippen molar-refractivity contribution in [2.75, 3.05) is 13.1 Å². The fraction of sp³-hybridized carbons (Fsp3) is 0.600. The number of hydrogen-bond acceptors (Lipinski definition) is 6. The van der Waals surface area contributed by atoms with Crippen LogP contribution in [0.3, 0.4) is 0 Å². The Morgan fingerprint density at radius 1 is 0.739 bits per heavy atom. The fourth-order valence-corrected chi connectivity index (χ4v) is 8.22. The summed E-state index contributed by atoms with van der Waals surface area (Å²) in [5.74, 6) is -5.79. The molecule has 0 aromatic heterocycles. The van der Waals surface area contributed by atoms with E-state index < -0.39 is 57.2 Å². The summed E-state index contributed by atoms with van der Waals surface area (Å²) >= 11 is -4.66. The van der Waals surface area contributed by atoms with Gasteiger partial charge in [-0.15, -0.1) is 0 Å². The van der Waals surface area contributed by atoms with Gasteiger partial charge in [0.2, 0.25) is 0 Å². The molecule has 7 N–H and O–H groups in total. The molecule has 0 fully saturated rings. The molecule has 10 nitrogen and oxygen atoms in total. The average molecular weight is 398 g/mol. The molecule has 0 saturated carbocycles. The Balaban J connectivity index is -0.00000200. The Morgan fingerprint density at radius 2 is 1.00 bits per heavy atom. The van der Waals surface area contributed by atoms with E-state index in [1.807, 2.05) is 0 Å². The van der Waals surface area contributed by atoms with Crippen LogP contribution >= 0.6 is 0 Å². The third kappa shape index (κ3) is 10.0. The zero-order chi connectivity index (χ0) is 16.7. The third-order valence-corrected chi connectivity index (χ3v) is 9.75. The average Bonchev–Trinajstić information content (AvgIpc) is 2.21. The maximum absolute atomic E-state index is 11.1. The van der Waals surface area contributed by atoms with Gasteiger partial charge < -0.3 is 0 Å². The quantitative estimate of drug-likeness (QED) is 0.210. The van der Waals surface area contributed by atoms with Crippen molar-refractivity contribution in [2.45, 2.75) is 21.3 Å². The van der Waals surface area contributed by atoms with Crippen molar-refractivity contribution in [2.24, 2.45) is 5.73 Å². The van der Waals surface area contributed by atoms with E-state index in [1.165, 1.54) is 0 Å². The van der Waals surface area contributed by atoms with Gasteiger partial charge in [0.15, 0.2) is 0 Å². The van der Waals surface area contributed by atoms with Crippen LogP contribution in [0.4, 0.5) is 0 Å². The van der Waals surface area contributed by atoms with Gasteiger partial charge in [0.25, 0.3) is 0 Å². The number of nitrogens with one attached hydrogen (secondary N) is 1. The van der Waals surface area contributed by atoms with Crippen molar-refractivity contribution < 1.29 is 51.6 Å². The van der Waals surface area contributed by atoms with Gasteiger partial charge in [-0.1, -0.05) is 0 Å². The minimum atomic E-state index is -4.66. The summed E-state index contributed by atoms with van der Waals surface area (Å²) < 4.78 is 2.63. The predicted octanol–water partition coefficient (Wildman–Crippen LogP) is -2.15. The van der Waals surface area contributed by atoms with Crippen LogP contribution in [0.5, 0.6) is 0 Å². The molecule has 0 aromatic rings. The molecule has 0 heterocycles. The molecule has 0 aliphatic heterocycles. The molecule has 0 amide bonds. The van der Waals surface area contributed by atoms with Crippen LogP contribution in [-0.2, 0) is 31.2 Å². The molecule has 0 unspecified atom stereocenters. The van der Waals surface area contributed by atoms with Crippen LogP contribution in [0.25, 0.3) is 0 Å². The molecule has 0 rings (SSSR count). The molecular weight excluding hydrogens is 377 g/mol. The Hall–Kier alpha value is 0.319. The van der Waals surface area contributed by atoms with E-state index in [2.05, 4.69) is 4.33 Å². The first kappa shape index (κ1) is 28.1. The van der Waals surface area contributed by atoms with Crippen LogP contribution in [0, 0.1) is 0 Å². The van der Waals surface area contributed by atoms with Gasteiger partial charge in [-0.2, -0.15) is 0 Å². The summed E-state index contributed by atoms with van der Waals surface area (Å²) in [5, 5.41) is 32.9. The SMILES string of the molecule is NCC[NH][Mn]([CH2]C(=O)O)([CH2]C(=O)O)([CH2]C(=O)O)[CH2]C(=O)O.[NaH].[NaH]. The van der Waals surface area contributed by atoms with Crippen molar-refractivity contribution in [3.63, 3.8) is 0 Å². The molecule has 0 atom stereocenters. The second kappa shape index (κ2) is 11.8. The monoisotopic (exact) mass is 398 g/mol. The Kier molecular flexibility index (Phi) is 14.4. The Morgan fingerprint density at radius 3 is 1.17 bits per heavy atom. The normalized spacial score (nSPS) is 12.0. The maximum atomic E-state index is 11.1. The molecule has 13 heteroatoms. The van der Waals surface area contributed by atoms with Crippen molar-refractivity contribution >= 4 is 83.0 Å². The molecule has 128 valence electrons. The van der Waals surface area contributed by atoms with Crippen LogP contribution in [0.2, 0.25) is 21.3 Å². The van der Waals surface area contributed by atoms with Gasteiger partial charge in [0, 0.05) is 0 Å². The summed E-state index contributed by atoms with van der Waals surface area (Å²) in [6.07, 6.45) is 0. The van der Waals surface area contributed by atoms with Crippen LogP contribution in [0.15, 0.2) is 0 Å². The van der Waals surface area contributed by atoms with E-state index in [0.29, 0.717) is 0 Å². The first-order valence-electron chi connectivity index (χ1n) is 5.64. The summed E-state index contributed by atoms with van der Waals surface area (Å²) in [5.41, 5.74) is 5.29. The van der Waals surface area contributed by atoms with Crippen LogP contribution in [0.1, 0.15) is 0 Å². The second-order valence-corrected chi connectivity index (χ2v) is 11.7. The molecule has 23 heavy (non-hydrogen) atoms. The predicted molar refractivity (Wildman–Crippen MR) is 81.1 cm³/mol. The van der Waals surface area contributed by atoms with Gasteiger partial charge in [-0.3, -0.25) is 0 Å². The number of aliphatic carboxylic acids is 4. The van der Waals surface area contributed by atoms with Gasteiger partial charge in [-0.05, 0) is 0 Å².